The molecule has 1 N–H and O–H groups in total. The fourth-order valence-corrected chi connectivity index (χ4v) is 2.24. The molecule has 0 bridgehead atoms. The third-order valence-electron chi connectivity index (χ3n) is 3.28. The standard InChI is InChI=1S/C18H30N2O/c1-5-9-20(10-11-21-4)15-18-8-6-7-17(12-18)14-19-13-16(2)3/h5-8,12,16,19H,1,9-11,13-15H2,2-4H3. The van der Waals surface area contributed by atoms with Crippen LogP contribution in [-0.4, -0.2) is 38.3 Å². The van der Waals surface area contributed by atoms with Crippen molar-refractivity contribution >= 4 is 0 Å². The van der Waals surface area contributed by atoms with Crippen LogP contribution in [0.4, 0.5) is 0 Å². The zero-order chi connectivity index (χ0) is 15.5. The normalized spacial score (nSPS) is 11.3. The van der Waals surface area contributed by atoms with Crippen LogP contribution < -0.4 is 5.32 Å². The van der Waals surface area contributed by atoms with Crippen molar-refractivity contribution in [2.24, 2.45) is 5.92 Å². The number of nitrogens with one attached hydrogen (secondary N) is 1. The molecule has 1 aromatic carbocycles. The van der Waals surface area contributed by atoms with E-state index >= 15 is 0 Å². The summed E-state index contributed by atoms with van der Waals surface area (Å²) in [5, 5.41) is 3.49. The van der Waals surface area contributed by atoms with Gasteiger partial charge in [-0.15, -0.1) is 6.58 Å². The molecule has 0 spiro atoms. The fourth-order valence-electron chi connectivity index (χ4n) is 2.24. The third kappa shape index (κ3) is 8.00. The number of methoxy groups -OCH3 is 1. The van der Waals surface area contributed by atoms with Crippen LogP contribution in [0.2, 0.25) is 0 Å². The van der Waals surface area contributed by atoms with Crippen molar-refractivity contribution < 1.29 is 4.74 Å². The highest BCUT2D eigenvalue weighted by Gasteiger charge is 2.05. The highest BCUT2D eigenvalue weighted by molar-refractivity contribution is 5.23. The van der Waals surface area contributed by atoms with Gasteiger partial charge < -0.3 is 10.1 Å². The van der Waals surface area contributed by atoms with E-state index in [0.29, 0.717) is 5.92 Å². The van der Waals surface area contributed by atoms with Crippen molar-refractivity contribution in [2.75, 3.05) is 33.4 Å². The molecule has 0 fully saturated rings. The lowest BCUT2D eigenvalue weighted by atomic mass is 10.1. The van der Waals surface area contributed by atoms with Gasteiger partial charge in [0, 0.05) is 33.3 Å². The summed E-state index contributed by atoms with van der Waals surface area (Å²) in [6.07, 6.45) is 1.95. The first-order valence-corrected chi connectivity index (χ1v) is 7.76. The van der Waals surface area contributed by atoms with E-state index in [4.69, 9.17) is 4.74 Å². The van der Waals surface area contributed by atoms with Crippen molar-refractivity contribution in [1.82, 2.24) is 10.2 Å². The van der Waals surface area contributed by atoms with Gasteiger partial charge in [-0.1, -0.05) is 44.2 Å². The molecule has 1 rings (SSSR count). The van der Waals surface area contributed by atoms with Gasteiger partial charge in [0.1, 0.15) is 0 Å². The van der Waals surface area contributed by atoms with Crippen LogP contribution in [0, 0.1) is 5.92 Å². The first kappa shape index (κ1) is 17.9. The lowest BCUT2D eigenvalue weighted by molar-refractivity contribution is 0.151. The summed E-state index contributed by atoms with van der Waals surface area (Å²) in [6, 6.07) is 8.80. The molecular formula is C18H30N2O. The molecule has 0 aliphatic rings. The smallest absolute Gasteiger partial charge is 0.0589 e. The largest absolute Gasteiger partial charge is 0.383 e. The Labute approximate surface area is 130 Å². The quantitative estimate of drug-likeness (QED) is 0.634. The zero-order valence-corrected chi connectivity index (χ0v) is 13.8. The fraction of sp³-hybridized carbons (Fsp3) is 0.556. The molecule has 0 aliphatic carbocycles. The first-order valence-electron chi connectivity index (χ1n) is 7.76. The van der Waals surface area contributed by atoms with Gasteiger partial charge in [-0.2, -0.15) is 0 Å². The summed E-state index contributed by atoms with van der Waals surface area (Å²) in [4.78, 5) is 2.34. The molecule has 0 unspecified atom stereocenters. The van der Waals surface area contributed by atoms with Crippen LogP contribution >= 0.6 is 0 Å². The van der Waals surface area contributed by atoms with E-state index < -0.39 is 0 Å². The Hall–Kier alpha value is -1.16. The number of rotatable bonds is 11. The molecule has 3 nitrogen and oxygen atoms in total. The Morgan fingerprint density at radius 2 is 2.10 bits per heavy atom. The Morgan fingerprint density at radius 3 is 2.76 bits per heavy atom. The van der Waals surface area contributed by atoms with E-state index in [2.05, 4.69) is 54.9 Å². The Morgan fingerprint density at radius 1 is 1.33 bits per heavy atom. The maximum absolute atomic E-state index is 5.17. The molecule has 0 aromatic heterocycles. The summed E-state index contributed by atoms with van der Waals surface area (Å²) in [7, 11) is 1.74. The highest BCUT2D eigenvalue weighted by atomic mass is 16.5. The minimum atomic E-state index is 0.685. The van der Waals surface area contributed by atoms with Crippen molar-refractivity contribution in [3.63, 3.8) is 0 Å². The minimum Gasteiger partial charge on any atom is -0.383 e. The summed E-state index contributed by atoms with van der Waals surface area (Å²) >= 11 is 0. The van der Waals surface area contributed by atoms with Gasteiger partial charge in [-0.25, -0.2) is 0 Å². The van der Waals surface area contributed by atoms with Gasteiger partial charge in [-0.05, 0) is 23.6 Å². The molecule has 0 saturated heterocycles. The van der Waals surface area contributed by atoms with E-state index in [0.717, 1.165) is 39.3 Å². The summed E-state index contributed by atoms with van der Waals surface area (Å²) in [6.45, 7) is 13.8. The number of hydrogen-bond donors (Lipinski definition) is 1. The van der Waals surface area contributed by atoms with E-state index in [1.54, 1.807) is 7.11 Å². The van der Waals surface area contributed by atoms with Gasteiger partial charge in [0.25, 0.3) is 0 Å². The van der Waals surface area contributed by atoms with Crippen molar-refractivity contribution in [2.45, 2.75) is 26.9 Å². The molecule has 0 radical (unpaired) electrons. The SMILES string of the molecule is C=CCN(CCOC)Cc1cccc(CNCC(C)C)c1. The van der Waals surface area contributed by atoms with Crippen LogP contribution in [0.3, 0.4) is 0 Å². The highest BCUT2D eigenvalue weighted by Crippen LogP contribution is 2.09. The number of nitrogens with zero attached hydrogens (tertiary/aromatic N) is 1. The van der Waals surface area contributed by atoms with E-state index in [9.17, 15) is 0 Å². The van der Waals surface area contributed by atoms with E-state index in [1.165, 1.54) is 11.1 Å². The molecular weight excluding hydrogens is 260 g/mol. The van der Waals surface area contributed by atoms with E-state index in [-0.39, 0.29) is 0 Å². The van der Waals surface area contributed by atoms with Crippen molar-refractivity contribution in [1.29, 1.82) is 0 Å². The first-order chi connectivity index (χ1) is 10.2. The second-order valence-electron chi connectivity index (χ2n) is 5.86. The average Bonchev–Trinajstić information content (AvgIpc) is 2.45. The predicted molar refractivity (Wildman–Crippen MR) is 90.3 cm³/mol. The van der Waals surface area contributed by atoms with Gasteiger partial charge in [-0.3, -0.25) is 4.90 Å². The molecule has 118 valence electrons. The molecule has 0 aliphatic heterocycles. The monoisotopic (exact) mass is 290 g/mol. The number of benzene rings is 1. The van der Waals surface area contributed by atoms with Crippen LogP contribution in [-0.2, 0) is 17.8 Å². The number of ether oxygens (including phenoxy) is 1. The number of hydrogen-bond acceptors (Lipinski definition) is 3. The van der Waals surface area contributed by atoms with Gasteiger partial charge in [0.15, 0.2) is 0 Å². The molecule has 1 aromatic rings. The Bertz CT molecular complexity index is 404. The summed E-state index contributed by atoms with van der Waals surface area (Å²) in [5.41, 5.74) is 2.69. The summed E-state index contributed by atoms with van der Waals surface area (Å²) in [5.74, 6) is 0.685. The zero-order valence-electron chi connectivity index (χ0n) is 13.8. The van der Waals surface area contributed by atoms with Gasteiger partial charge in [0.05, 0.1) is 6.61 Å². The minimum absolute atomic E-state index is 0.685. The lowest BCUT2D eigenvalue weighted by Crippen LogP contribution is -2.27. The lowest BCUT2D eigenvalue weighted by Gasteiger charge is -2.20. The second kappa shape index (κ2) is 10.6. The van der Waals surface area contributed by atoms with E-state index in [1.807, 2.05) is 6.08 Å². The molecule has 0 heterocycles. The average molecular weight is 290 g/mol. The maximum atomic E-state index is 5.17. The van der Waals surface area contributed by atoms with Crippen LogP contribution in [0.15, 0.2) is 36.9 Å². The topological polar surface area (TPSA) is 24.5 Å². The van der Waals surface area contributed by atoms with Crippen molar-refractivity contribution in [3.05, 3.63) is 48.0 Å². The van der Waals surface area contributed by atoms with Gasteiger partial charge in [0.2, 0.25) is 0 Å². The second-order valence-corrected chi connectivity index (χ2v) is 5.86. The molecule has 0 atom stereocenters. The van der Waals surface area contributed by atoms with Crippen molar-refractivity contribution in [3.8, 4) is 0 Å². The third-order valence-corrected chi connectivity index (χ3v) is 3.28. The van der Waals surface area contributed by atoms with Crippen LogP contribution in [0.5, 0.6) is 0 Å². The predicted octanol–water partition coefficient (Wildman–Crippen LogP) is 3.07. The molecule has 0 amide bonds. The van der Waals surface area contributed by atoms with Gasteiger partial charge >= 0.3 is 0 Å². The maximum Gasteiger partial charge on any atom is 0.0589 e. The summed E-state index contributed by atoms with van der Waals surface area (Å²) < 4.78 is 5.17. The molecule has 21 heavy (non-hydrogen) atoms. The van der Waals surface area contributed by atoms with Crippen LogP contribution in [0.25, 0.3) is 0 Å². The molecule has 3 heteroatoms. The Balaban J connectivity index is 2.54. The molecule has 0 saturated carbocycles. The Kier molecular flexibility index (Phi) is 8.99. The van der Waals surface area contributed by atoms with Crippen LogP contribution in [0.1, 0.15) is 25.0 Å².